The van der Waals surface area contributed by atoms with Crippen molar-refractivity contribution in [1.82, 2.24) is 10.2 Å². The second kappa shape index (κ2) is 8.30. The number of hydrogen-bond acceptors (Lipinski definition) is 4. The molecule has 0 spiro atoms. The van der Waals surface area contributed by atoms with Gasteiger partial charge in [-0.3, -0.25) is 9.59 Å². The molecule has 0 aliphatic heterocycles. The smallest absolute Gasteiger partial charge is 0.263 e. The molecule has 6 nitrogen and oxygen atoms in total. The zero-order valence-electron chi connectivity index (χ0n) is 10.2. The number of nitrogens with zero attached hydrogens (tertiary/aromatic N) is 2. The summed E-state index contributed by atoms with van der Waals surface area (Å²) in [6.45, 7) is 4.30. The van der Waals surface area contributed by atoms with Gasteiger partial charge in [0.15, 0.2) is 0 Å². The molecule has 0 saturated carbocycles. The van der Waals surface area contributed by atoms with Gasteiger partial charge >= 0.3 is 0 Å². The molecule has 3 N–H and O–H groups in total. The van der Waals surface area contributed by atoms with Crippen LogP contribution in [-0.2, 0) is 9.59 Å². The third-order valence-electron chi connectivity index (χ3n) is 1.96. The number of nitrogens with one attached hydrogen (secondary N) is 1. The molecule has 0 atom stereocenters. The van der Waals surface area contributed by atoms with Crippen LogP contribution < -0.4 is 11.1 Å². The molecule has 0 fully saturated rings. The molecular formula is C11H18N4O2. The number of nitrogens with two attached hydrogens (primary N) is 1. The second-order valence-corrected chi connectivity index (χ2v) is 3.41. The van der Waals surface area contributed by atoms with Gasteiger partial charge in [-0.25, -0.2) is 0 Å². The third kappa shape index (κ3) is 5.68. The van der Waals surface area contributed by atoms with E-state index in [1.807, 2.05) is 6.92 Å². The lowest BCUT2D eigenvalue weighted by Crippen LogP contribution is -2.31. The molecule has 0 aromatic carbocycles. The van der Waals surface area contributed by atoms with E-state index in [9.17, 15) is 9.59 Å². The Morgan fingerprint density at radius 2 is 2.18 bits per heavy atom. The Morgan fingerprint density at radius 1 is 1.53 bits per heavy atom. The molecule has 0 radical (unpaired) electrons. The zero-order chi connectivity index (χ0) is 13.3. The first-order valence-electron chi connectivity index (χ1n) is 5.44. The van der Waals surface area contributed by atoms with Crippen LogP contribution in [0.4, 0.5) is 0 Å². The van der Waals surface area contributed by atoms with E-state index in [1.54, 1.807) is 6.07 Å². The number of carbonyl (C=O) groups is 2. The van der Waals surface area contributed by atoms with Gasteiger partial charge in [-0.2, -0.15) is 5.26 Å². The topological polar surface area (TPSA) is 99.2 Å². The van der Waals surface area contributed by atoms with E-state index in [1.165, 1.54) is 18.0 Å². The average molecular weight is 238 g/mol. The van der Waals surface area contributed by atoms with Crippen molar-refractivity contribution in [2.45, 2.75) is 20.3 Å². The van der Waals surface area contributed by atoms with E-state index in [4.69, 9.17) is 11.0 Å². The SMILES string of the molecule is CCCNC(=O)/C(C#N)=C\N(CCN)C(C)=O. The number of amides is 2. The monoisotopic (exact) mass is 238 g/mol. The van der Waals surface area contributed by atoms with Gasteiger partial charge in [0.05, 0.1) is 0 Å². The molecule has 2 amide bonds. The highest BCUT2D eigenvalue weighted by Gasteiger charge is 2.12. The summed E-state index contributed by atoms with van der Waals surface area (Å²) in [6, 6.07) is 1.77. The summed E-state index contributed by atoms with van der Waals surface area (Å²) in [6.07, 6.45) is 2.02. The van der Waals surface area contributed by atoms with Gasteiger partial charge in [0.25, 0.3) is 5.91 Å². The molecule has 0 heterocycles. The van der Waals surface area contributed by atoms with Crippen LogP contribution in [0.3, 0.4) is 0 Å². The Hall–Kier alpha value is -1.87. The molecule has 0 unspecified atom stereocenters. The molecule has 0 rings (SSSR count). The Labute approximate surface area is 101 Å². The highest BCUT2D eigenvalue weighted by atomic mass is 16.2. The lowest BCUT2D eigenvalue weighted by Gasteiger charge is -2.15. The van der Waals surface area contributed by atoms with Crippen LogP contribution in [0, 0.1) is 11.3 Å². The molecule has 0 aliphatic carbocycles. The van der Waals surface area contributed by atoms with Crippen LogP contribution >= 0.6 is 0 Å². The maximum Gasteiger partial charge on any atom is 0.263 e. The van der Waals surface area contributed by atoms with Crippen molar-refractivity contribution >= 4 is 11.8 Å². The predicted molar refractivity (Wildman–Crippen MR) is 63.4 cm³/mol. The van der Waals surface area contributed by atoms with E-state index < -0.39 is 5.91 Å². The third-order valence-corrected chi connectivity index (χ3v) is 1.96. The van der Waals surface area contributed by atoms with Crippen molar-refractivity contribution in [3.05, 3.63) is 11.8 Å². The fraction of sp³-hybridized carbons (Fsp3) is 0.545. The Bertz CT molecular complexity index is 344. The van der Waals surface area contributed by atoms with E-state index in [2.05, 4.69) is 5.32 Å². The van der Waals surface area contributed by atoms with E-state index in [0.717, 1.165) is 6.42 Å². The van der Waals surface area contributed by atoms with Crippen molar-refractivity contribution in [3.8, 4) is 6.07 Å². The van der Waals surface area contributed by atoms with E-state index >= 15 is 0 Å². The quantitative estimate of drug-likeness (QED) is 0.491. The second-order valence-electron chi connectivity index (χ2n) is 3.41. The van der Waals surface area contributed by atoms with Crippen molar-refractivity contribution in [2.24, 2.45) is 5.73 Å². The molecule has 17 heavy (non-hydrogen) atoms. The number of hydrogen-bond donors (Lipinski definition) is 2. The summed E-state index contributed by atoms with van der Waals surface area (Å²) in [4.78, 5) is 24.0. The van der Waals surface area contributed by atoms with Crippen molar-refractivity contribution < 1.29 is 9.59 Å². The first kappa shape index (κ1) is 15.1. The van der Waals surface area contributed by atoms with E-state index in [-0.39, 0.29) is 24.6 Å². The van der Waals surface area contributed by atoms with Crippen LogP contribution in [0.15, 0.2) is 11.8 Å². The van der Waals surface area contributed by atoms with Gasteiger partial charge < -0.3 is 16.0 Å². The zero-order valence-corrected chi connectivity index (χ0v) is 10.2. The fourth-order valence-corrected chi connectivity index (χ4v) is 1.08. The summed E-state index contributed by atoms with van der Waals surface area (Å²) in [7, 11) is 0. The maximum absolute atomic E-state index is 11.5. The minimum Gasteiger partial charge on any atom is -0.351 e. The van der Waals surface area contributed by atoms with Crippen molar-refractivity contribution in [3.63, 3.8) is 0 Å². The number of carbonyl (C=O) groups excluding carboxylic acids is 2. The van der Waals surface area contributed by atoms with Crippen LogP contribution in [0.2, 0.25) is 0 Å². The van der Waals surface area contributed by atoms with Gasteiger partial charge in [-0.15, -0.1) is 0 Å². The Morgan fingerprint density at radius 3 is 2.59 bits per heavy atom. The summed E-state index contributed by atoms with van der Waals surface area (Å²) in [5.41, 5.74) is 5.24. The summed E-state index contributed by atoms with van der Waals surface area (Å²) in [5, 5.41) is 11.4. The van der Waals surface area contributed by atoms with Crippen molar-refractivity contribution in [1.29, 1.82) is 5.26 Å². The van der Waals surface area contributed by atoms with Gasteiger partial charge in [-0.1, -0.05) is 6.92 Å². The van der Waals surface area contributed by atoms with E-state index in [0.29, 0.717) is 6.54 Å². The molecular weight excluding hydrogens is 220 g/mol. The average Bonchev–Trinajstić information content (AvgIpc) is 2.31. The summed E-state index contributed by atoms with van der Waals surface area (Å²) < 4.78 is 0. The molecule has 0 aliphatic rings. The highest BCUT2D eigenvalue weighted by Crippen LogP contribution is 1.98. The molecule has 0 aromatic heterocycles. The van der Waals surface area contributed by atoms with Crippen LogP contribution in [0.5, 0.6) is 0 Å². The summed E-state index contributed by atoms with van der Waals surface area (Å²) >= 11 is 0. The van der Waals surface area contributed by atoms with Gasteiger partial charge in [0.1, 0.15) is 11.6 Å². The fourth-order valence-electron chi connectivity index (χ4n) is 1.08. The molecule has 6 heteroatoms. The van der Waals surface area contributed by atoms with Gasteiger partial charge in [0.2, 0.25) is 5.91 Å². The minimum atomic E-state index is -0.474. The molecule has 0 aromatic rings. The van der Waals surface area contributed by atoms with Gasteiger partial charge in [-0.05, 0) is 6.42 Å². The van der Waals surface area contributed by atoms with Crippen LogP contribution in [0.25, 0.3) is 0 Å². The Kier molecular flexibility index (Phi) is 7.39. The predicted octanol–water partition coefficient (Wildman–Crippen LogP) is -0.273. The first-order valence-corrected chi connectivity index (χ1v) is 5.44. The highest BCUT2D eigenvalue weighted by molar-refractivity contribution is 5.97. The Balaban J connectivity index is 4.77. The lowest BCUT2D eigenvalue weighted by atomic mass is 10.2. The summed E-state index contributed by atoms with van der Waals surface area (Å²) in [5.74, 6) is -0.732. The molecule has 94 valence electrons. The van der Waals surface area contributed by atoms with Crippen molar-refractivity contribution in [2.75, 3.05) is 19.6 Å². The molecule has 0 saturated heterocycles. The normalized spacial score (nSPS) is 10.6. The number of nitriles is 1. The molecule has 0 bridgehead atoms. The van der Waals surface area contributed by atoms with Gasteiger partial charge in [0, 0.05) is 32.8 Å². The largest absolute Gasteiger partial charge is 0.351 e. The number of rotatable bonds is 6. The lowest BCUT2D eigenvalue weighted by molar-refractivity contribution is -0.126. The first-order chi connectivity index (χ1) is 8.06. The minimum absolute atomic E-state index is 0.0953. The van der Waals surface area contributed by atoms with Crippen LogP contribution in [0.1, 0.15) is 20.3 Å². The standard InChI is InChI=1S/C11H18N4O2/c1-3-5-14-11(17)10(7-13)8-15(6-4-12)9(2)16/h8H,3-6,12H2,1-2H3,(H,14,17)/b10-8-. The maximum atomic E-state index is 11.5. The van der Waals surface area contributed by atoms with Crippen LogP contribution in [-0.4, -0.2) is 36.3 Å².